The molecule has 0 radical (unpaired) electrons. The summed E-state index contributed by atoms with van der Waals surface area (Å²) in [6.45, 7) is 7.30. The molecule has 0 bridgehead atoms. The number of rotatable bonds is 10. The van der Waals surface area contributed by atoms with E-state index in [1.54, 1.807) is 32.0 Å². The maximum atomic E-state index is 12.5. The number of nitrogens with one attached hydrogen (secondary N) is 2. The molecule has 0 spiro atoms. The van der Waals surface area contributed by atoms with Crippen molar-refractivity contribution in [2.45, 2.75) is 58.7 Å². The Balaban J connectivity index is 1.96. The van der Waals surface area contributed by atoms with Gasteiger partial charge in [-0.05, 0) is 44.4 Å². The number of anilines is 1. The first kappa shape index (κ1) is 25.3. The van der Waals surface area contributed by atoms with Crippen molar-refractivity contribution < 1.29 is 28.4 Å². The number of esters is 1. The molecule has 1 aromatic rings. The zero-order valence-corrected chi connectivity index (χ0v) is 19.5. The third-order valence-corrected chi connectivity index (χ3v) is 4.85. The number of halogens is 2. The van der Waals surface area contributed by atoms with Crippen molar-refractivity contribution >= 4 is 53.9 Å². The van der Waals surface area contributed by atoms with E-state index in [9.17, 15) is 14.4 Å². The van der Waals surface area contributed by atoms with Crippen molar-refractivity contribution in [2.75, 3.05) is 11.9 Å². The van der Waals surface area contributed by atoms with Crippen LogP contribution in [0.3, 0.4) is 0 Å². The van der Waals surface area contributed by atoms with Crippen molar-refractivity contribution in [1.82, 2.24) is 5.32 Å². The summed E-state index contributed by atoms with van der Waals surface area (Å²) in [4.78, 5) is 36.5. The van der Waals surface area contributed by atoms with Crippen LogP contribution >= 0.6 is 23.2 Å². The van der Waals surface area contributed by atoms with E-state index in [1.165, 1.54) is 0 Å². The van der Waals surface area contributed by atoms with E-state index in [4.69, 9.17) is 37.2 Å². The molecule has 0 saturated carbocycles. The molecule has 0 aliphatic carbocycles. The molecule has 2 N–H and O–H groups in total. The van der Waals surface area contributed by atoms with Gasteiger partial charge in [0.1, 0.15) is 0 Å². The van der Waals surface area contributed by atoms with Gasteiger partial charge in [-0.1, -0.05) is 37.0 Å². The first-order valence-electron chi connectivity index (χ1n) is 10.1. The molecule has 2 atom stereocenters. The van der Waals surface area contributed by atoms with Gasteiger partial charge < -0.3 is 24.7 Å². The number of ether oxygens (including phenoxy) is 1. The summed E-state index contributed by atoms with van der Waals surface area (Å²) in [5.74, 6) is -1.95. The summed E-state index contributed by atoms with van der Waals surface area (Å²) in [5, 5.41) is 6.67. The Morgan fingerprint density at radius 2 is 1.94 bits per heavy atom. The van der Waals surface area contributed by atoms with Crippen LogP contribution in [0.4, 0.5) is 5.69 Å². The second-order valence-electron chi connectivity index (χ2n) is 7.95. The SMILES string of the molecule is CC(C)C[C@H](NC(=O)CNc1cc(Cl)ccc1Cl)B1OC(=O)[C@H](CC(=O)OC(C)C)O1. The first-order valence-corrected chi connectivity index (χ1v) is 10.8. The van der Waals surface area contributed by atoms with E-state index in [2.05, 4.69) is 10.6 Å². The van der Waals surface area contributed by atoms with Gasteiger partial charge in [0.15, 0.2) is 6.10 Å². The molecule has 1 amide bonds. The first-order chi connectivity index (χ1) is 14.5. The van der Waals surface area contributed by atoms with Gasteiger partial charge in [-0.3, -0.25) is 14.4 Å². The monoisotopic (exact) mass is 472 g/mol. The highest BCUT2D eigenvalue weighted by molar-refractivity contribution is 6.51. The number of amides is 1. The average molecular weight is 473 g/mol. The maximum absolute atomic E-state index is 12.5. The molecule has 1 aliphatic heterocycles. The van der Waals surface area contributed by atoms with Crippen molar-refractivity contribution in [3.8, 4) is 0 Å². The van der Waals surface area contributed by atoms with Gasteiger partial charge in [0.25, 0.3) is 0 Å². The lowest BCUT2D eigenvalue weighted by Gasteiger charge is -2.22. The van der Waals surface area contributed by atoms with E-state index in [1.807, 2.05) is 13.8 Å². The highest BCUT2D eigenvalue weighted by Crippen LogP contribution is 2.25. The number of carbonyl (C=O) groups excluding carboxylic acids is 3. The van der Waals surface area contributed by atoms with Crippen LogP contribution in [0.5, 0.6) is 0 Å². The fraction of sp³-hybridized carbons (Fsp3) is 0.550. The van der Waals surface area contributed by atoms with Crippen LogP contribution in [-0.4, -0.2) is 49.7 Å². The van der Waals surface area contributed by atoms with Crippen molar-refractivity contribution in [1.29, 1.82) is 0 Å². The third kappa shape index (κ3) is 8.24. The number of benzene rings is 1. The zero-order chi connectivity index (χ0) is 23.1. The molecule has 8 nitrogen and oxygen atoms in total. The molecule has 170 valence electrons. The molecule has 31 heavy (non-hydrogen) atoms. The third-order valence-electron chi connectivity index (χ3n) is 4.28. The van der Waals surface area contributed by atoms with Crippen molar-refractivity contribution in [3.63, 3.8) is 0 Å². The average Bonchev–Trinajstić information content (AvgIpc) is 3.01. The minimum absolute atomic E-state index is 0.0700. The lowest BCUT2D eigenvalue weighted by atomic mass is 9.74. The Bertz CT molecular complexity index is 808. The van der Waals surface area contributed by atoms with Gasteiger partial charge in [0.2, 0.25) is 5.91 Å². The van der Waals surface area contributed by atoms with E-state index >= 15 is 0 Å². The summed E-state index contributed by atoms with van der Waals surface area (Å²) < 4.78 is 16.0. The summed E-state index contributed by atoms with van der Waals surface area (Å²) in [6, 6.07) is 4.89. The number of hydrogen-bond acceptors (Lipinski definition) is 7. The lowest BCUT2D eigenvalue weighted by molar-refractivity contribution is -0.152. The Labute approximate surface area is 192 Å². The fourth-order valence-corrected chi connectivity index (χ4v) is 3.38. The lowest BCUT2D eigenvalue weighted by Crippen LogP contribution is -2.49. The van der Waals surface area contributed by atoms with E-state index in [-0.39, 0.29) is 30.9 Å². The van der Waals surface area contributed by atoms with Gasteiger partial charge in [-0.25, -0.2) is 0 Å². The Kier molecular flexibility index (Phi) is 9.46. The Morgan fingerprint density at radius 3 is 2.58 bits per heavy atom. The second kappa shape index (κ2) is 11.6. The van der Waals surface area contributed by atoms with Gasteiger partial charge in [-0.2, -0.15) is 0 Å². The highest BCUT2D eigenvalue weighted by atomic mass is 35.5. The van der Waals surface area contributed by atoms with Gasteiger partial charge in [-0.15, -0.1) is 0 Å². The molecule has 11 heteroatoms. The van der Waals surface area contributed by atoms with Crippen molar-refractivity contribution in [3.05, 3.63) is 28.2 Å². The van der Waals surface area contributed by atoms with Crippen LogP contribution < -0.4 is 10.6 Å². The predicted octanol–water partition coefficient (Wildman–Crippen LogP) is 3.25. The molecule has 1 aromatic carbocycles. The normalized spacial score (nSPS) is 17.0. The summed E-state index contributed by atoms with van der Waals surface area (Å²) in [6.07, 6.45) is -1.10. The number of hydrogen-bond donors (Lipinski definition) is 2. The smallest absolute Gasteiger partial charge is 0.506 e. The molecule has 2 rings (SSSR count). The standard InChI is InChI=1S/C20H27BCl2N2O6/c1-11(2)7-17(21-30-16(20(28)31-21)9-19(27)29-12(3)4)25-18(26)10-24-15-8-13(22)5-6-14(15)23/h5-6,8,11-12,16-17,24H,7,9-10H2,1-4H3,(H,25,26)/t16-,17-/m0/s1. The molecular weight excluding hydrogens is 446 g/mol. The molecule has 0 unspecified atom stereocenters. The number of carbonyl (C=O) groups is 3. The predicted molar refractivity (Wildman–Crippen MR) is 119 cm³/mol. The molecular formula is C20H27BCl2N2O6. The van der Waals surface area contributed by atoms with E-state index in [0.29, 0.717) is 22.2 Å². The fourth-order valence-electron chi connectivity index (χ4n) is 3.02. The van der Waals surface area contributed by atoms with Crippen LogP contribution in [0, 0.1) is 5.92 Å². The topological polar surface area (TPSA) is 103 Å². The Morgan fingerprint density at radius 1 is 1.23 bits per heavy atom. The van der Waals surface area contributed by atoms with Crippen LogP contribution in [0.1, 0.15) is 40.5 Å². The zero-order valence-electron chi connectivity index (χ0n) is 17.9. The van der Waals surface area contributed by atoms with Crippen LogP contribution in [-0.2, 0) is 28.4 Å². The van der Waals surface area contributed by atoms with Gasteiger partial charge in [0.05, 0.1) is 35.7 Å². The second-order valence-corrected chi connectivity index (χ2v) is 8.80. The summed E-state index contributed by atoms with van der Waals surface area (Å²) in [5.41, 5.74) is 0.525. The highest BCUT2D eigenvalue weighted by Gasteiger charge is 2.47. The van der Waals surface area contributed by atoms with Crippen molar-refractivity contribution in [2.24, 2.45) is 5.92 Å². The van der Waals surface area contributed by atoms with Crippen LogP contribution in [0.15, 0.2) is 18.2 Å². The van der Waals surface area contributed by atoms with E-state index in [0.717, 1.165) is 0 Å². The molecule has 1 saturated heterocycles. The summed E-state index contributed by atoms with van der Waals surface area (Å²) >= 11 is 12.0. The van der Waals surface area contributed by atoms with Gasteiger partial charge in [0, 0.05) is 5.02 Å². The molecule has 1 heterocycles. The maximum Gasteiger partial charge on any atom is 0.552 e. The van der Waals surface area contributed by atoms with E-state index < -0.39 is 31.1 Å². The molecule has 1 fully saturated rings. The minimum atomic E-state index is -1.06. The Hall–Kier alpha value is -1.97. The largest absolute Gasteiger partial charge is 0.552 e. The molecule has 1 aliphatic rings. The van der Waals surface area contributed by atoms with Crippen LogP contribution in [0.2, 0.25) is 10.0 Å². The summed E-state index contributed by atoms with van der Waals surface area (Å²) in [7, 11) is -0.995. The quantitative estimate of drug-likeness (QED) is 0.398. The van der Waals surface area contributed by atoms with Gasteiger partial charge >= 0.3 is 19.1 Å². The molecule has 0 aromatic heterocycles. The van der Waals surface area contributed by atoms with Crippen LogP contribution in [0.25, 0.3) is 0 Å². The minimum Gasteiger partial charge on any atom is -0.506 e.